The van der Waals surface area contributed by atoms with Crippen molar-refractivity contribution in [1.29, 1.82) is 0 Å². The van der Waals surface area contributed by atoms with Crippen molar-refractivity contribution in [3.63, 3.8) is 0 Å². The minimum absolute atomic E-state index is 0.135. The fourth-order valence-electron chi connectivity index (χ4n) is 2.01. The average Bonchev–Trinajstić information content (AvgIpc) is 2.75. The zero-order valence-corrected chi connectivity index (χ0v) is 9.34. The van der Waals surface area contributed by atoms with E-state index in [-0.39, 0.29) is 11.8 Å². The predicted molar refractivity (Wildman–Crippen MR) is 59.6 cm³/mol. The van der Waals surface area contributed by atoms with Crippen LogP contribution >= 0.6 is 11.6 Å². The van der Waals surface area contributed by atoms with Crippen LogP contribution in [0.15, 0.2) is 12.1 Å². The zero-order chi connectivity index (χ0) is 10.8. The van der Waals surface area contributed by atoms with Crippen LogP contribution in [0.5, 0.6) is 11.5 Å². The molecule has 0 radical (unpaired) electrons. The first kappa shape index (κ1) is 10.6. The van der Waals surface area contributed by atoms with Crippen molar-refractivity contribution in [1.82, 2.24) is 5.32 Å². The van der Waals surface area contributed by atoms with Gasteiger partial charge in [0.15, 0.2) is 0 Å². The Balaban J connectivity index is 2.45. The van der Waals surface area contributed by atoms with Crippen molar-refractivity contribution in [3.8, 4) is 11.5 Å². The van der Waals surface area contributed by atoms with E-state index >= 15 is 0 Å². The Labute approximate surface area is 94.0 Å². The molecule has 3 nitrogen and oxygen atoms in total. The third-order valence-electron chi connectivity index (χ3n) is 2.76. The molecule has 82 valence electrons. The topological polar surface area (TPSA) is 41.5 Å². The van der Waals surface area contributed by atoms with Gasteiger partial charge in [0.05, 0.1) is 17.7 Å². The van der Waals surface area contributed by atoms with Gasteiger partial charge in [-0.25, -0.2) is 0 Å². The first-order chi connectivity index (χ1) is 7.24. The Hall–Kier alpha value is -0.930. The number of phenolic OH excluding ortho intramolecular Hbond substituents is 1. The highest BCUT2D eigenvalue weighted by molar-refractivity contribution is 6.32. The van der Waals surface area contributed by atoms with Crippen LogP contribution in [0, 0.1) is 0 Å². The Kier molecular flexibility index (Phi) is 3.03. The van der Waals surface area contributed by atoms with Crippen molar-refractivity contribution in [3.05, 3.63) is 22.7 Å². The van der Waals surface area contributed by atoms with E-state index in [0.717, 1.165) is 24.9 Å². The van der Waals surface area contributed by atoms with Crippen LogP contribution in [-0.2, 0) is 0 Å². The number of hydrogen-bond acceptors (Lipinski definition) is 3. The highest BCUT2D eigenvalue weighted by Gasteiger charge is 2.24. The zero-order valence-electron chi connectivity index (χ0n) is 8.59. The summed E-state index contributed by atoms with van der Waals surface area (Å²) in [6.07, 6.45) is 2.12. The van der Waals surface area contributed by atoms with Crippen LogP contribution in [0.3, 0.4) is 0 Å². The second-order valence-electron chi connectivity index (χ2n) is 3.66. The molecule has 1 aliphatic rings. The first-order valence-electron chi connectivity index (χ1n) is 5.02. The molecule has 1 saturated heterocycles. The van der Waals surface area contributed by atoms with Crippen molar-refractivity contribution in [2.75, 3.05) is 13.7 Å². The van der Waals surface area contributed by atoms with Crippen molar-refractivity contribution in [2.24, 2.45) is 0 Å². The van der Waals surface area contributed by atoms with Crippen LogP contribution in [0.4, 0.5) is 0 Å². The highest BCUT2D eigenvalue weighted by Crippen LogP contribution is 2.41. The van der Waals surface area contributed by atoms with E-state index in [0.29, 0.717) is 10.8 Å². The monoisotopic (exact) mass is 227 g/mol. The molecule has 0 spiro atoms. The molecule has 1 aromatic rings. The van der Waals surface area contributed by atoms with Gasteiger partial charge in [-0.1, -0.05) is 11.6 Å². The van der Waals surface area contributed by atoms with Gasteiger partial charge in [-0.2, -0.15) is 0 Å². The van der Waals surface area contributed by atoms with Gasteiger partial charge < -0.3 is 15.2 Å². The van der Waals surface area contributed by atoms with Crippen LogP contribution < -0.4 is 10.1 Å². The summed E-state index contributed by atoms with van der Waals surface area (Å²) in [5.41, 5.74) is 0.780. The second-order valence-corrected chi connectivity index (χ2v) is 4.07. The molecule has 1 heterocycles. The van der Waals surface area contributed by atoms with Crippen molar-refractivity contribution in [2.45, 2.75) is 18.9 Å². The Morgan fingerprint density at radius 2 is 2.33 bits per heavy atom. The second kappa shape index (κ2) is 4.29. The van der Waals surface area contributed by atoms with Crippen LogP contribution in [0.25, 0.3) is 0 Å². The fraction of sp³-hybridized carbons (Fsp3) is 0.455. The van der Waals surface area contributed by atoms with Crippen LogP contribution in [0.1, 0.15) is 24.4 Å². The lowest BCUT2D eigenvalue weighted by molar-refractivity contribution is 0.390. The molecule has 0 aliphatic carbocycles. The lowest BCUT2D eigenvalue weighted by Crippen LogP contribution is -2.14. The maximum absolute atomic E-state index is 9.92. The Morgan fingerprint density at radius 1 is 1.53 bits per heavy atom. The fourth-order valence-corrected chi connectivity index (χ4v) is 2.17. The summed E-state index contributed by atoms with van der Waals surface area (Å²) in [5.74, 6) is 0.826. The number of hydrogen-bond donors (Lipinski definition) is 2. The van der Waals surface area contributed by atoms with Gasteiger partial charge in [-0.3, -0.25) is 0 Å². The largest absolute Gasteiger partial charge is 0.506 e. The van der Waals surface area contributed by atoms with Gasteiger partial charge in [-0.15, -0.1) is 0 Å². The standard InChI is InChI=1S/C11H14ClNO2/c1-15-9-5-4-7(12)11(14)10(9)8-3-2-6-13-8/h4-5,8,13-14H,2-3,6H2,1H3/t8-/m0/s1. The van der Waals surface area contributed by atoms with E-state index < -0.39 is 0 Å². The lowest BCUT2D eigenvalue weighted by Gasteiger charge is -2.17. The van der Waals surface area contributed by atoms with Crippen molar-refractivity contribution < 1.29 is 9.84 Å². The molecular formula is C11H14ClNO2. The van der Waals surface area contributed by atoms with E-state index in [1.807, 2.05) is 0 Å². The molecule has 4 heteroatoms. The molecular weight excluding hydrogens is 214 g/mol. The number of rotatable bonds is 2. The molecule has 0 bridgehead atoms. The summed E-state index contributed by atoms with van der Waals surface area (Å²) < 4.78 is 5.23. The van der Waals surface area contributed by atoms with Gasteiger partial charge >= 0.3 is 0 Å². The summed E-state index contributed by atoms with van der Waals surface area (Å²) in [4.78, 5) is 0. The minimum Gasteiger partial charge on any atom is -0.506 e. The number of aromatic hydroxyl groups is 1. The molecule has 2 rings (SSSR count). The van der Waals surface area contributed by atoms with E-state index in [2.05, 4.69) is 5.32 Å². The Morgan fingerprint density at radius 3 is 2.93 bits per heavy atom. The minimum atomic E-state index is 0.135. The van der Waals surface area contributed by atoms with E-state index in [1.54, 1.807) is 19.2 Å². The van der Waals surface area contributed by atoms with E-state index in [4.69, 9.17) is 16.3 Å². The highest BCUT2D eigenvalue weighted by atomic mass is 35.5. The number of benzene rings is 1. The molecule has 1 fully saturated rings. The molecule has 0 amide bonds. The van der Waals surface area contributed by atoms with Gasteiger partial charge in [0.2, 0.25) is 0 Å². The van der Waals surface area contributed by atoms with Gasteiger partial charge in [-0.05, 0) is 31.5 Å². The predicted octanol–water partition coefficient (Wildman–Crippen LogP) is 2.48. The third kappa shape index (κ3) is 1.90. The molecule has 1 atom stereocenters. The van der Waals surface area contributed by atoms with E-state index in [1.165, 1.54) is 0 Å². The summed E-state index contributed by atoms with van der Waals surface area (Å²) in [5, 5.41) is 13.6. The van der Waals surface area contributed by atoms with Gasteiger partial charge in [0.25, 0.3) is 0 Å². The number of nitrogens with one attached hydrogen (secondary N) is 1. The molecule has 1 aromatic carbocycles. The molecule has 2 N–H and O–H groups in total. The lowest BCUT2D eigenvalue weighted by atomic mass is 10.0. The first-order valence-corrected chi connectivity index (χ1v) is 5.40. The number of halogens is 1. The molecule has 0 unspecified atom stereocenters. The summed E-state index contributed by atoms with van der Waals surface area (Å²) in [6.45, 7) is 0.972. The van der Waals surface area contributed by atoms with Gasteiger partial charge in [0.1, 0.15) is 11.5 Å². The molecule has 0 saturated carbocycles. The van der Waals surface area contributed by atoms with Gasteiger partial charge in [0, 0.05) is 6.04 Å². The molecule has 1 aliphatic heterocycles. The smallest absolute Gasteiger partial charge is 0.142 e. The number of ether oxygens (including phenoxy) is 1. The SMILES string of the molecule is COc1ccc(Cl)c(O)c1[C@@H]1CCCN1. The summed E-state index contributed by atoms with van der Waals surface area (Å²) >= 11 is 5.89. The quantitative estimate of drug-likeness (QED) is 0.816. The summed E-state index contributed by atoms with van der Waals surface area (Å²) in [6, 6.07) is 3.59. The average molecular weight is 228 g/mol. The van der Waals surface area contributed by atoms with Crippen molar-refractivity contribution >= 4 is 11.6 Å². The van der Waals surface area contributed by atoms with E-state index in [9.17, 15) is 5.11 Å². The molecule has 15 heavy (non-hydrogen) atoms. The summed E-state index contributed by atoms with van der Waals surface area (Å²) in [7, 11) is 1.60. The number of phenols is 1. The maximum atomic E-state index is 9.92. The van der Waals surface area contributed by atoms with Crippen LogP contribution in [-0.4, -0.2) is 18.8 Å². The Bertz CT molecular complexity index is 362. The van der Waals surface area contributed by atoms with Crippen LogP contribution in [0.2, 0.25) is 5.02 Å². The molecule has 0 aromatic heterocycles. The normalized spacial score (nSPS) is 20.5. The third-order valence-corrected chi connectivity index (χ3v) is 3.06. The number of methoxy groups -OCH3 is 1. The maximum Gasteiger partial charge on any atom is 0.142 e.